The molecule has 3 rings (SSSR count). The van der Waals surface area contributed by atoms with Crippen molar-refractivity contribution in [3.8, 4) is 0 Å². The fourth-order valence-corrected chi connectivity index (χ4v) is 3.84. The van der Waals surface area contributed by atoms with E-state index in [1.807, 2.05) is 0 Å². The lowest BCUT2D eigenvalue weighted by Gasteiger charge is -2.43. The number of nitrogens with zero attached hydrogens (tertiary/aromatic N) is 1. The smallest absolute Gasteiger partial charge is 0.273 e. The van der Waals surface area contributed by atoms with Crippen molar-refractivity contribution in [3.63, 3.8) is 0 Å². The van der Waals surface area contributed by atoms with E-state index in [1.54, 1.807) is 6.07 Å². The van der Waals surface area contributed by atoms with E-state index in [1.165, 1.54) is 36.4 Å². The van der Waals surface area contributed by atoms with Crippen molar-refractivity contribution >= 4 is 11.8 Å². The van der Waals surface area contributed by atoms with Crippen LogP contribution in [0.1, 0.15) is 34.8 Å². The van der Waals surface area contributed by atoms with Crippen LogP contribution in [0.25, 0.3) is 0 Å². The standard InChI is InChI=1S/C22H16F9NO2/c1-18(12-19(23,24)20(25,26)21(27,28)22(29,30)31)15-10-6-5-9-14(15)16(33)32(17(18)34)11-13-7-3-2-4-8-13/h2-10H,11-12H2,1H3. The first-order chi connectivity index (χ1) is 15.5. The maximum atomic E-state index is 14.6. The Kier molecular flexibility index (Phi) is 6.03. The molecule has 1 aliphatic rings. The average molecular weight is 497 g/mol. The number of hydrogen-bond donors (Lipinski definition) is 0. The number of alkyl halides is 9. The van der Waals surface area contributed by atoms with Gasteiger partial charge in [0.1, 0.15) is 0 Å². The molecule has 0 fully saturated rings. The molecule has 12 heteroatoms. The third kappa shape index (κ3) is 3.82. The Labute approximate surface area is 187 Å². The van der Waals surface area contributed by atoms with Crippen molar-refractivity contribution in [1.29, 1.82) is 0 Å². The maximum absolute atomic E-state index is 14.6. The van der Waals surface area contributed by atoms with E-state index in [4.69, 9.17) is 0 Å². The first-order valence-electron chi connectivity index (χ1n) is 9.67. The number of imide groups is 1. The third-order valence-corrected chi connectivity index (χ3v) is 5.68. The Balaban J connectivity index is 2.10. The van der Waals surface area contributed by atoms with Gasteiger partial charge in [-0.1, -0.05) is 48.5 Å². The number of halogens is 9. The molecule has 184 valence electrons. The van der Waals surface area contributed by atoms with Crippen LogP contribution in [0.5, 0.6) is 0 Å². The number of amides is 2. The topological polar surface area (TPSA) is 37.4 Å². The molecule has 0 aromatic heterocycles. The largest absolute Gasteiger partial charge is 0.460 e. The summed E-state index contributed by atoms with van der Waals surface area (Å²) in [6.45, 7) is 0.234. The van der Waals surface area contributed by atoms with Gasteiger partial charge in [0.25, 0.3) is 5.91 Å². The van der Waals surface area contributed by atoms with E-state index in [0.29, 0.717) is 17.4 Å². The van der Waals surface area contributed by atoms with Crippen LogP contribution >= 0.6 is 0 Å². The first kappa shape index (κ1) is 25.6. The summed E-state index contributed by atoms with van der Waals surface area (Å²) in [7, 11) is 0. The minimum Gasteiger partial charge on any atom is -0.273 e. The SMILES string of the molecule is CC1(CC(F)(F)C(F)(F)C(F)(F)C(F)(F)F)C(=O)N(Cc2ccccc2)C(=O)c2ccccc21. The molecule has 0 spiro atoms. The lowest BCUT2D eigenvalue weighted by atomic mass is 9.70. The maximum Gasteiger partial charge on any atom is 0.460 e. The summed E-state index contributed by atoms with van der Waals surface area (Å²) < 4.78 is 122. The highest BCUT2D eigenvalue weighted by molar-refractivity contribution is 6.13. The van der Waals surface area contributed by atoms with Crippen molar-refractivity contribution in [2.24, 2.45) is 0 Å². The number of hydrogen-bond acceptors (Lipinski definition) is 2. The number of benzene rings is 2. The molecule has 0 saturated carbocycles. The summed E-state index contributed by atoms with van der Waals surface area (Å²) >= 11 is 0. The van der Waals surface area contributed by atoms with Gasteiger partial charge < -0.3 is 0 Å². The van der Waals surface area contributed by atoms with Crippen LogP contribution in [0.3, 0.4) is 0 Å². The van der Waals surface area contributed by atoms with E-state index in [9.17, 15) is 49.1 Å². The molecule has 2 amide bonds. The first-order valence-corrected chi connectivity index (χ1v) is 9.67. The van der Waals surface area contributed by atoms with Gasteiger partial charge in [-0.25, -0.2) is 0 Å². The van der Waals surface area contributed by atoms with Crippen LogP contribution in [0, 0.1) is 0 Å². The second kappa shape index (κ2) is 8.02. The zero-order chi connectivity index (χ0) is 25.7. The number of rotatable bonds is 6. The normalized spacial score (nSPS) is 19.9. The lowest BCUT2D eigenvalue weighted by Crippen LogP contribution is -2.63. The van der Waals surface area contributed by atoms with Gasteiger partial charge in [-0.15, -0.1) is 0 Å². The van der Waals surface area contributed by atoms with E-state index >= 15 is 0 Å². The molecule has 1 aliphatic heterocycles. The highest BCUT2D eigenvalue weighted by Crippen LogP contribution is 2.56. The summed E-state index contributed by atoms with van der Waals surface area (Å²) in [6, 6.07) is 12.2. The lowest BCUT2D eigenvalue weighted by molar-refractivity contribution is -0.397. The molecular weight excluding hydrogens is 481 g/mol. The summed E-state index contributed by atoms with van der Waals surface area (Å²) in [5, 5.41) is 0. The monoisotopic (exact) mass is 497 g/mol. The minimum absolute atomic E-state index is 0.345. The average Bonchev–Trinajstić information content (AvgIpc) is 2.75. The number of carbonyl (C=O) groups is 2. The molecule has 1 atom stereocenters. The molecule has 0 N–H and O–H groups in total. The van der Waals surface area contributed by atoms with Gasteiger partial charge in [0, 0.05) is 12.0 Å². The van der Waals surface area contributed by atoms with E-state index in [-0.39, 0.29) is 5.56 Å². The van der Waals surface area contributed by atoms with Gasteiger partial charge in [-0.3, -0.25) is 14.5 Å². The van der Waals surface area contributed by atoms with Crippen molar-refractivity contribution in [2.75, 3.05) is 0 Å². The van der Waals surface area contributed by atoms with Crippen LogP contribution < -0.4 is 0 Å². The molecule has 3 nitrogen and oxygen atoms in total. The second-order valence-electron chi connectivity index (χ2n) is 8.09. The fourth-order valence-electron chi connectivity index (χ4n) is 3.84. The summed E-state index contributed by atoms with van der Waals surface area (Å²) in [4.78, 5) is 26.5. The Morgan fingerprint density at radius 3 is 1.85 bits per heavy atom. The van der Waals surface area contributed by atoms with Crippen molar-refractivity contribution in [3.05, 3.63) is 71.3 Å². The molecule has 0 saturated heterocycles. The van der Waals surface area contributed by atoms with Gasteiger partial charge in [0.2, 0.25) is 5.91 Å². The van der Waals surface area contributed by atoms with Crippen molar-refractivity contribution in [2.45, 2.75) is 49.2 Å². The molecule has 0 bridgehead atoms. The van der Waals surface area contributed by atoms with Crippen LogP contribution in [0.15, 0.2) is 54.6 Å². The minimum atomic E-state index is -7.09. The van der Waals surface area contributed by atoms with Gasteiger partial charge in [-0.2, -0.15) is 39.5 Å². The van der Waals surface area contributed by atoms with Crippen molar-refractivity contribution in [1.82, 2.24) is 4.90 Å². The number of fused-ring (bicyclic) bond motifs is 1. The molecule has 1 unspecified atom stereocenters. The molecule has 2 aromatic carbocycles. The van der Waals surface area contributed by atoms with E-state index < -0.39 is 59.7 Å². The summed E-state index contributed by atoms with van der Waals surface area (Å²) in [5.74, 6) is -22.4. The van der Waals surface area contributed by atoms with E-state index in [0.717, 1.165) is 12.1 Å². The van der Waals surface area contributed by atoms with Crippen LogP contribution in [-0.4, -0.2) is 40.7 Å². The number of carbonyl (C=O) groups excluding carboxylic acids is 2. The van der Waals surface area contributed by atoms with Crippen LogP contribution in [0.4, 0.5) is 39.5 Å². The van der Waals surface area contributed by atoms with Gasteiger partial charge in [0.15, 0.2) is 0 Å². The molecular formula is C22H16F9NO2. The predicted octanol–water partition coefficient (Wildman–Crippen LogP) is 5.99. The Bertz CT molecular complexity index is 1100. The van der Waals surface area contributed by atoms with E-state index in [2.05, 4.69) is 0 Å². The highest BCUT2D eigenvalue weighted by Gasteiger charge is 2.82. The predicted molar refractivity (Wildman–Crippen MR) is 101 cm³/mol. The van der Waals surface area contributed by atoms with Crippen LogP contribution in [-0.2, 0) is 16.8 Å². The molecule has 0 aliphatic carbocycles. The summed E-state index contributed by atoms with van der Waals surface area (Å²) in [5.41, 5.74) is -3.21. The van der Waals surface area contributed by atoms with Gasteiger partial charge >= 0.3 is 23.9 Å². The van der Waals surface area contributed by atoms with Gasteiger partial charge in [0.05, 0.1) is 12.0 Å². The molecule has 1 heterocycles. The van der Waals surface area contributed by atoms with Crippen molar-refractivity contribution < 1.29 is 49.1 Å². The zero-order valence-corrected chi connectivity index (χ0v) is 17.3. The summed E-state index contributed by atoms with van der Waals surface area (Å²) in [6.07, 6.45) is -9.39. The second-order valence-corrected chi connectivity index (χ2v) is 8.09. The third-order valence-electron chi connectivity index (χ3n) is 5.68. The Hall–Kier alpha value is -3.05. The fraction of sp³-hybridized carbons (Fsp3) is 0.364. The van der Waals surface area contributed by atoms with Crippen LogP contribution in [0.2, 0.25) is 0 Å². The zero-order valence-electron chi connectivity index (χ0n) is 17.3. The van der Waals surface area contributed by atoms with Gasteiger partial charge in [-0.05, 0) is 24.1 Å². The Morgan fingerprint density at radius 2 is 1.29 bits per heavy atom. The molecule has 0 radical (unpaired) electrons. The molecule has 2 aromatic rings. The highest BCUT2D eigenvalue weighted by atomic mass is 19.4. The molecule has 34 heavy (non-hydrogen) atoms. The quantitative estimate of drug-likeness (QED) is 0.364. The Morgan fingerprint density at radius 1 is 0.765 bits per heavy atom.